The fourth-order valence-electron chi connectivity index (χ4n) is 0.688. The fraction of sp³-hybridized carbons (Fsp3) is 0.800. The lowest BCUT2D eigenvalue weighted by Crippen LogP contribution is -2.37. The van der Waals surface area contributed by atoms with Crippen LogP contribution < -0.4 is 5.73 Å². The maximum Gasteiger partial charge on any atom is 0.206 e. The van der Waals surface area contributed by atoms with Crippen LogP contribution in [0.1, 0.15) is 13.8 Å². The first-order valence-electron chi connectivity index (χ1n) is 3.23. The molecule has 2 N–H and O–H groups in total. The van der Waals surface area contributed by atoms with E-state index in [0.29, 0.717) is 11.7 Å². The number of hydrogen-bond acceptors (Lipinski definition) is 5. The van der Waals surface area contributed by atoms with Crippen molar-refractivity contribution in [1.82, 2.24) is 20.2 Å². The minimum Gasteiger partial charge on any atom is -0.324 e. The summed E-state index contributed by atoms with van der Waals surface area (Å²) < 4.78 is 1.56. The summed E-state index contributed by atoms with van der Waals surface area (Å²) in [6, 6.07) is 0. The fourth-order valence-corrected chi connectivity index (χ4v) is 0.839. The second kappa shape index (κ2) is 2.78. The third-order valence-electron chi connectivity index (χ3n) is 1.07. The van der Waals surface area contributed by atoms with Crippen molar-refractivity contribution in [3.8, 4) is 0 Å². The Balaban J connectivity index is 2.72. The Bertz CT molecular complexity index is 237. The van der Waals surface area contributed by atoms with Crippen LogP contribution in [0.15, 0.2) is 5.16 Å². The molecule has 0 aliphatic rings. The standard InChI is InChI=1S/C5H11N5S/c1-5(2,6)3-10-4(11)7-8-9-10/h3,6H2,1-2H3,(H,7,9,11). The molecule has 1 heterocycles. The minimum atomic E-state index is -0.313. The molecule has 6 heteroatoms. The van der Waals surface area contributed by atoms with Gasteiger partial charge in [-0.25, -0.2) is 4.68 Å². The van der Waals surface area contributed by atoms with Gasteiger partial charge in [-0.3, -0.25) is 0 Å². The lowest BCUT2D eigenvalue weighted by molar-refractivity contribution is 0.384. The van der Waals surface area contributed by atoms with Gasteiger partial charge in [-0.2, -0.15) is 0 Å². The van der Waals surface area contributed by atoms with Gasteiger partial charge in [0.05, 0.1) is 6.54 Å². The van der Waals surface area contributed by atoms with Gasteiger partial charge in [-0.15, -0.1) is 17.7 Å². The molecule has 0 aliphatic carbocycles. The van der Waals surface area contributed by atoms with Crippen molar-refractivity contribution in [3.05, 3.63) is 0 Å². The maximum atomic E-state index is 5.75. The second-order valence-corrected chi connectivity index (χ2v) is 3.53. The average molecular weight is 173 g/mol. The molecule has 0 saturated carbocycles. The van der Waals surface area contributed by atoms with Crippen molar-refractivity contribution < 1.29 is 0 Å². The van der Waals surface area contributed by atoms with Gasteiger partial charge in [0, 0.05) is 5.54 Å². The third-order valence-corrected chi connectivity index (χ3v) is 1.39. The Hall–Kier alpha value is -0.620. The molecule has 1 aromatic heterocycles. The van der Waals surface area contributed by atoms with E-state index in [-0.39, 0.29) is 5.54 Å². The Kier molecular flexibility index (Phi) is 2.15. The van der Waals surface area contributed by atoms with Crippen molar-refractivity contribution in [3.63, 3.8) is 0 Å². The molecule has 0 bridgehead atoms. The van der Waals surface area contributed by atoms with Crippen LogP contribution in [-0.2, 0) is 6.54 Å². The Morgan fingerprint density at radius 2 is 2.27 bits per heavy atom. The number of aromatic nitrogens is 4. The van der Waals surface area contributed by atoms with Gasteiger partial charge >= 0.3 is 0 Å². The van der Waals surface area contributed by atoms with Crippen LogP contribution in [-0.4, -0.2) is 25.7 Å². The molecule has 62 valence electrons. The van der Waals surface area contributed by atoms with Gasteiger partial charge in [-0.05, 0) is 24.3 Å². The zero-order valence-electron chi connectivity index (χ0n) is 6.52. The highest BCUT2D eigenvalue weighted by Crippen LogP contribution is 2.04. The van der Waals surface area contributed by atoms with Crippen LogP contribution in [0.5, 0.6) is 0 Å². The molecule has 1 aromatic rings. The Morgan fingerprint density at radius 1 is 1.64 bits per heavy atom. The van der Waals surface area contributed by atoms with Crippen molar-refractivity contribution >= 4 is 12.6 Å². The van der Waals surface area contributed by atoms with E-state index in [0.717, 1.165) is 0 Å². The number of tetrazole rings is 1. The molecule has 0 fully saturated rings. The monoisotopic (exact) mass is 173 g/mol. The predicted molar refractivity (Wildman–Crippen MR) is 43.3 cm³/mol. The van der Waals surface area contributed by atoms with Crippen molar-refractivity contribution in [2.75, 3.05) is 0 Å². The number of rotatable bonds is 2. The molecule has 0 spiro atoms. The van der Waals surface area contributed by atoms with E-state index in [1.165, 1.54) is 0 Å². The molecule has 0 atom stereocenters. The molecule has 0 radical (unpaired) electrons. The molecule has 11 heavy (non-hydrogen) atoms. The number of thiol groups is 1. The van der Waals surface area contributed by atoms with Gasteiger partial charge < -0.3 is 5.73 Å². The highest BCUT2D eigenvalue weighted by atomic mass is 32.1. The molecule has 0 aromatic carbocycles. The van der Waals surface area contributed by atoms with Crippen LogP contribution in [0.4, 0.5) is 0 Å². The smallest absolute Gasteiger partial charge is 0.206 e. The molecule has 1 rings (SSSR count). The van der Waals surface area contributed by atoms with Crippen LogP contribution in [0.25, 0.3) is 0 Å². The van der Waals surface area contributed by atoms with E-state index in [4.69, 9.17) is 5.73 Å². The van der Waals surface area contributed by atoms with Crippen molar-refractivity contribution in [2.45, 2.75) is 31.1 Å². The van der Waals surface area contributed by atoms with E-state index in [1.54, 1.807) is 4.68 Å². The summed E-state index contributed by atoms with van der Waals surface area (Å²) in [5.74, 6) is 0. The number of nitrogens with zero attached hydrogens (tertiary/aromatic N) is 4. The van der Waals surface area contributed by atoms with Gasteiger partial charge in [0.1, 0.15) is 0 Å². The summed E-state index contributed by atoms with van der Waals surface area (Å²) in [5.41, 5.74) is 5.43. The van der Waals surface area contributed by atoms with E-state index in [9.17, 15) is 0 Å². The summed E-state index contributed by atoms with van der Waals surface area (Å²) in [5, 5.41) is 11.2. The lowest BCUT2D eigenvalue weighted by atomic mass is 10.1. The molecule has 0 unspecified atom stereocenters. The van der Waals surface area contributed by atoms with E-state index in [1.807, 2.05) is 13.8 Å². The van der Waals surface area contributed by atoms with Crippen LogP contribution in [0.2, 0.25) is 0 Å². The van der Waals surface area contributed by atoms with Crippen LogP contribution >= 0.6 is 12.6 Å². The Morgan fingerprint density at radius 3 is 2.64 bits per heavy atom. The topological polar surface area (TPSA) is 69.6 Å². The van der Waals surface area contributed by atoms with Crippen LogP contribution in [0.3, 0.4) is 0 Å². The summed E-state index contributed by atoms with van der Waals surface area (Å²) in [6.45, 7) is 4.38. The van der Waals surface area contributed by atoms with E-state index < -0.39 is 0 Å². The first kappa shape index (κ1) is 8.48. The Labute approximate surface area is 70.4 Å². The normalized spacial score (nSPS) is 12.0. The molecule has 0 amide bonds. The van der Waals surface area contributed by atoms with Crippen LogP contribution in [0, 0.1) is 0 Å². The average Bonchev–Trinajstić information content (AvgIpc) is 2.12. The van der Waals surface area contributed by atoms with Crippen molar-refractivity contribution in [2.24, 2.45) is 5.73 Å². The summed E-state index contributed by atoms with van der Waals surface area (Å²) in [6.07, 6.45) is 0. The van der Waals surface area contributed by atoms with E-state index in [2.05, 4.69) is 28.2 Å². The largest absolute Gasteiger partial charge is 0.324 e. The van der Waals surface area contributed by atoms with Crippen molar-refractivity contribution in [1.29, 1.82) is 0 Å². The quantitative estimate of drug-likeness (QED) is 0.602. The van der Waals surface area contributed by atoms with Gasteiger partial charge in [0.2, 0.25) is 5.16 Å². The maximum absolute atomic E-state index is 5.75. The molecular weight excluding hydrogens is 162 g/mol. The summed E-state index contributed by atoms with van der Waals surface area (Å²) >= 11 is 4.03. The minimum absolute atomic E-state index is 0.313. The molecular formula is C5H11N5S. The van der Waals surface area contributed by atoms with Gasteiger partial charge in [0.15, 0.2) is 0 Å². The number of hydrogen-bond donors (Lipinski definition) is 2. The zero-order valence-corrected chi connectivity index (χ0v) is 7.41. The molecule has 0 aliphatic heterocycles. The van der Waals surface area contributed by atoms with Gasteiger partial charge in [0.25, 0.3) is 0 Å². The zero-order chi connectivity index (χ0) is 8.48. The second-order valence-electron chi connectivity index (χ2n) is 3.13. The lowest BCUT2D eigenvalue weighted by Gasteiger charge is -2.17. The highest BCUT2D eigenvalue weighted by Gasteiger charge is 2.14. The summed E-state index contributed by atoms with van der Waals surface area (Å²) in [4.78, 5) is 0. The van der Waals surface area contributed by atoms with E-state index >= 15 is 0 Å². The highest BCUT2D eigenvalue weighted by molar-refractivity contribution is 7.80. The number of nitrogens with two attached hydrogens (primary N) is 1. The first-order valence-corrected chi connectivity index (χ1v) is 3.68. The molecule has 5 nitrogen and oxygen atoms in total. The predicted octanol–water partition coefficient (Wildman–Crippen LogP) is -0.301. The summed E-state index contributed by atoms with van der Waals surface area (Å²) in [7, 11) is 0. The third kappa shape index (κ3) is 2.47. The first-order chi connectivity index (χ1) is 4.99. The van der Waals surface area contributed by atoms with Gasteiger partial charge in [-0.1, -0.05) is 0 Å². The molecule has 0 saturated heterocycles. The SMILES string of the molecule is CC(C)(N)Cn1nnnc1S.